The Bertz CT molecular complexity index is 708. The highest BCUT2D eigenvalue weighted by Gasteiger charge is 2.37. The van der Waals surface area contributed by atoms with Gasteiger partial charge in [-0.1, -0.05) is 91.0 Å². The van der Waals surface area contributed by atoms with Gasteiger partial charge in [0.15, 0.2) is 6.29 Å². The average molecular weight is 316 g/mol. The van der Waals surface area contributed by atoms with Crippen molar-refractivity contribution in [1.29, 1.82) is 0 Å². The van der Waals surface area contributed by atoms with Crippen LogP contribution >= 0.6 is 0 Å². The van der Waals surface area contributed by atoms with Gasteiger partial charge in [0.2, 0.25) is 0 Å². The molecule has 0 saturated carbocycles. The van der Waals surface area contributed by atoms with Crippen LogP contribution in [0.1, 0.15) is 28.9 Å². The van der Waals surface area contributed by atoms with Crippen LogP contribution < -0.4 is 0 Å². The Morgan fingerprint density at radius 1 is 0.542 bits per heavy atom. The number of rotatable bonds is 4. The summed E-state index contributed by atoms with van der Waals surface area (Å²) in [6.45, 7) is 0. The van der Waals surface area contributed by atoms with Crippen molar-refractivity contribution in [2.24, 2.45) is 0 Å². The van der Waals surface area contributed by atoms with Crippen molar-refractivity contribution in [2.45, 2.75) is 24.9 Å². The zero-order chi connectivity index (χ0) is 16.2. The fraction of sp³-hybridized carbons (Fsp3) is 0.182. The van der Waals surface area contributed by atoms with Crippen molar-refractivity contribution in [3.05, 3.63) is 108 Å². The van der Waals surface area contributed by atoms with Crippen LogP contribution in [0.4, 0.5) is 0 Å². The highest BCUT2D eigenvalue weighted by atomic mass is 16.7. The lowest BCUT2D eigenvalue weighted by molar-refractivity contribution is -0.0651. The summed E-state index contributed by atoms with van der Waals surface area (Å²) in [7, 11) is 0. The number of hydrogen-bond donors (Lipinski definition) is 0. The highest BCUT2D eigenvalue weighted by Crippen LogP contribution is 2.43. The molecule has 120 valence electrons. The maximum atomic E-state index is 6.30. The molecule has 0 radical (unpaired) electrons. The molecule has 0 bridgehead atoms. The van der Waals surface area contributed by atoms with Crippen molar-refractivity contribution in [3.63, 3.8) is 0 Å². The van der Waals surface area contributed by atoms with Crippen molar-refractivity contribution in [2.75, 3.05) is 0 Å². The lowest BCUT2D eigenvalue weighted by Crippen LogP contribution is -2.11. The third-order valence-corrected chi connectivity index (χ3v) is 4.37. The quantitative estimate of drug-likeness (QED) is 0.668. The van der Waals surface area contributed by atoms with Gasteiger partial charge < -0.3 is 9.47 Å². The highest BCUT2D eigenvalue weighted by molar-refractivity contribution is 5.26. The first-order valence-electron chi connectivity index (χ1n) is 8.35. The summed E-state index contributed by atoms with van der Waals surface area (Å²) in [5.41, 5.74) is 3.53. The minimum absolute atomic E-state index is 0.0812. The monoisotopic (exact) mass is 316 g/mol. The van der Waals surface area contributed by atoms with Gasteiger partial charge in [0.25, 0.3) is 0 Å². The predicted molar refractivity (Wildman–Crippen MR) is 94.5 cm³/mol. The smallest absolute Gasteiger partial charge is 0.163 e. The second kappa shape index (κ2) is 7.00. The Balaban J connectivity index is 1.60. The minimum atomic E-state index is -0.234. The first-order chi connectivity index (χ1) is 11.9. The van der Waals surface area contributed by atoms with Gasteiger partial charge in [0, 0.05) is 6.42 Å². The summed E-state index contributed by atoms with van der Waals surface area (Å²) in [5.74, 6) is 0. The molecule has 1 heterocycles. The van der Waals surface area contributed by atoms with Gasteiger partial charge in [-0.3, -0.25) is 0 Å². The van der Waals surface area contributed by atoms with Crippen LogP contribution in [0.5, 0.6) is 0 Å². The number of hydrogen-bond acceptors (Lipinski definition) is 2. The van der Waals surface area contributed by atoms with Gasteiger partial charge in [-0.25, -0.2) is 0 Å². The molecule has 0 amide bonds. The molecule has 1 aliphatic rings. The number of ether oxygens (including phenoxy) is 2. The SMILES string of the molecule is c1ccc(CC2O[C@@H](c3ccccc3)[C@H](c3ccccc3)O2)cc1. The van der Waals surface area contributed by atoms with E-state index >= 15 is 0 Å². The first-order valence-corrected chi connectivity index (χ1v) is 8.35. The molecule has 0 aromatic heterocycles. The molecule has 4 rings (SSSR count). The molecular weight excluding hydrogens is 296 g/mol. The van der Waals surface area contributed by atoms with Gasteiger partial charge in [-0.05, 0) is 16.7 Å². The Morgan fingerprint density at radius 3 is 1.42 bits per heavy atom. The van der Waals surface area contributed by atoms with E-state index in [4.69, 9.17) is 9.47 Å². The van der Waals surface area contributed by atoms with Crippen molar-refractivity contribution >= 4 is 0 Å². The van der Waals surface area contributed by atoms with Gasteiger partial charge in [-0.2, -0.15) is 0 Å². The molecule has 3 aromatic rings. The summed E-state index contributed by atoms with van der Waals surface area (Å²) in [5, 5.41) is 0. The van der Waals surface area contributed by atoms with Gasteiger partial charge in [-0.15, -0.1) is 0 Å². The van der Waals surface area contributed by atoms with Gasteiger partial charge in [0.05, 0.1) is 0 Å². The largest absolute Gasteiger partial charge is 0.341 e. The fourth-order valence-electron chi connectivity index (χ4n) is 3.20. The average Bonchev–Trinajstić information content (AvgIpc) is 3.08. The van der Waals surface area contributed by atoms with Crippen LogP contribution in [0, 0.1) is 0 Å². The van der Waals surface area contributed by atoms with Crippen LogP contribution in [0.15, 0.2) is 91.0 Å². The molecule has 1 fully saturated rings. The lowest BCUT2D eigenvalue weighted by Gasteiger charge is -2.17. The molecular formula is C22H20O2. The molecule has 2 heteroatoms. The first kappa shape index (κ1) is 15.1. The van der Waals surface area contributed by atoms with Crippen molar-refractivity contribution < 1.29 is 9.47 Å². The van der Waals surface area contributed by atoms with Crippen LogP contribution in [0.3, 0.4) is 0 Å². The second-order valence-corrected chi connectivity index (χ2v) is 6.05. The number of benzene rings is 3. The Hall–Kier alpha value is -2.42. The molecule has 1 saturated heterocycles. The summed E-state index contributed by atoms with van der Waals surface area (Å²) < 4.78 is 12.6. The van der Waals surface area contributed by atoms with Crippen LogP contribution in [-0.4, -0.2) is 6.29 Å². The van der Waals surface area contributed by atoms with E-state index in [-0.39, 0.29) is 18.5 Å². The van der Waals surface area contributed by atoms with Gasteiger partial charge in [0.1, 0.15) is 12.2 Å². The minimum Gasteiger partial charge on any atom is -0.341 e. The van der Waals surface area contributed by atoms with E-state index in [1.807, 2.05) is 54.6 Å². The second-order valence-electron chi connectivity index (χ2n) is 6.05. The predicted octanol–water partition coefficient (Wildman–Crippen LogP) is 5.08. The van der Waals surface area contributed by atoms with Crippen LogP contribution in [0.2, 0.25) is 0 Å². The molecule has 0 spiro atoms. The Morgan fingerprint density at radius 2 is 0.958 bits per heavy atom. The van der Waals surface area contributed by atoms with Crippen molar-refractivity contribution in [1.82, 2.24) is 0 Å². The van der Waals surface area contributed by atoms with Gasteiger partial charge >= 0.3 is 0 Å². The van der Waals surface area contributed by atoms with E-state index < -0.39 is 0 Å². The molecule has 24 heavy (non-hydrogen) atoms. The van der Waals surface area contributed by atoms with E-state index in [2.05, 4.69) is 36.4 Å². The topological polar surface area (TPSA) is 18.5 Å². The standard InChI is InChI=1S/C22H20O2/c1-4-10-17(11-5-1)16-20-23-21(18-12-6-2-7-13-18)22(24-20)19-14-8-3-9-15-19/h1-15,20-22H,16H2/t21-,22-/m0/s1. The summed E-state index contributed by atoms with van der Waals surface area (Å²) in [6.07, 6.45) is 0.362. The normalized spacial score (nSPS) is 21.0. The molecule has 2 atom stereocenters. The van der Waals surface area contributed by atoms with E-state index in [1.165, 1.54) is 5.56 Å². The molecule has 0 unspecified atom stereocenters. The third-order valence-electron chi connectivity index (χ3n) is 4.37. The molecule has 0 aliphatic carbocycles. The van der Waals surface area contributed by atoms with E-state index in [1.54, 1.807) is 0 Å². The zero-order valence-corrected chi connectivity index (χ0v) is 13.4. The maximum Gasteiger partial charge on any atom is 0.163 e. The van der Waals surface area contributed by atoms with E-state index in [9.17, 15) is 0 Å². The summed E-state index contributed by atoms with van der Waals surface area (Å²) in [4.78, 5) is 0. The van der Waals surface area contributed by atoms with Crippen molar-refractivity contribution in [3.8, 4) is 0 Å². The van der Waals surface area contributed by atoms with Crippen LogP contribution in [-0.2, 0) is 15.9 Å². The molecule has 2 nitrogen and oxygen atoms in total. The van der Waals surface area contributed by atoms with E-state index in [0.29, 0.717) is 0 Å². The third kappa shape index (κ3) is 3.25. The lowest BCUT2D eigenvalue weighted by atomic mass is 9.99. The van der Waals surface area contributed by atoms with E-state index in [0.717, 1.165) is 17.5 Å². The zero-order valence-electron chi connectivity index (χ0n) is 13.4. The summed E-state index contributed by atoms with van der Waals surface area (Å²) >= 11 is 0. The molecule has 1 aliphatic heterocycles. The Kier molecular flexibility index (Phi) is 4.41. The maximum absolute atomic E-state index is 6.30. The fourth-order valence-corrected chi connectivity index (χ4v) is 3.20. The van der Waals surface area contributed by atoms with Crippen LogP contribution in [0.25, 0.3) is 0 Å². The molecule has 0 N–H and O–H groups in total. The Labute approximate surface area is 142 Å². The summed E-state index contributed by atoms with van der Waals surface area (Å²) in [6, 6.07) is 31.0. The molecule has 3 aromatic carbocycles.